The molecular weight excluding hydrogens is 269 g/mol. The average molecular weight is 281 g/mol. The molecule has 1 atom stereocenters. The molecule has 0 bridgehead atoms. The molecule has 1 rings (SSSR count). The molecule has 3 nitrogen and oxygen atoms in total. The minimum atomic E-state index is -0.164. The van der Waals surface area contributed by atoms with Crippen molar-refractivity contribution < 1.29 is 9.21 Å². The molecule has 0 radical (unpaired) electrons. The highest BCUT2D eigenvalue weighted by atomic mass is 79.9. The molecule has 0 N–H and O–H groups in total. The molecule has 0 aliphatic rings. The van der Waals surface area contributed by atoms with Crippen LogP contribution in [0.3, 0.4) is 0 Å². The van der Waals surface area contributed by atoms with Gasteiger partial charge in [0.25, 0.3) is 5.91 Å². The highest BCUT2D eigenvalue weighted by Gasteiger charge is 2.16. The highest BCUT2D eigenvalue weighted by molar-refractivity contribution is 9.10. The Kier molecular flexibility index (Phi) is 4.01. The van der Waals surface area contributed by atoms with E-state index in [-0.39, 0.29) is 11.3 Å². The van der Waals surface area contributed by atoms with E-state index in [1.807, 2.05) is 6.92 Å². The second kappa shape index (κ2) is 4.84. The van der Waals surface area contributed by atoms with Gasteiger partial charge in [-0.05, 0) is 35.0 Å². The predicted octanol–water partition coefficient (Wildman–Crippen LogP) is 2.74. The quantitative estimate of drug-likeness (QED) is 0.798. The van der Waals surface area contributed by atoms with Gasteiger partial charge in [0.15, 0.2) is 10.4 Å². The van der Waals surface area contributed by atoms with Gasteiger partial charge in [-0.2, -0.15) is 0 Å². The van der Waals surface area contributed by atoms with Crippen molar-refractivity contribution in [1.82, 2.24) is 4.90 Å². The zero-order valence-corrected chi connectivity index (χ0v) is 10.3. The molecule has 1 unspecified atom stereocenters. The summed E-state index contributed by atoms with van der Waals surface area (Å²) in [6, 6.07) is 3.31. The molecule has 1 aromatic rings. The van der Waals surface area contributed by atoms with Gasteiger partial charge in [-0.15, -0.1) is 11.6 Å². The Labute approximate surface area is 96.1 Å². The molecule has 0 aliphatic carbocycles. The van der Waals surface area contributed by atoms with Crippen molar-refractivity contribution in [3.63, 3.8) is 0 Å². The molecule has 0 saturated heterocycles. The van der Waals surface area contributed by atoms with Gasteiger partial charge in [-0.1, -0.05) is 0 Å². The van der Waals surface area contributed by atoms with Gasteiger partial charge >= 0.3 is 0 Å². The smallest absolute Gasteiger partial charge is 0.289 e. The number of amides is 1. The lowest BCUT2D eigenvalue weighted by molar-refractivity contribution is 0.0763. The van der Waals surface area contributed by atoms with E-state index in [1.54, 1.807) is 19.2 Å². The van der Waals surface area contributed by atoms with Gasteiger partial charge in [0.2, 0.25) is 0 Å². The normalized spacial score (nSPS) is 12.6. The first-order valence-electron chi connectivity index (χ1n) is 4.15. The molecule has 1 amide bonds. The molecule has 5 heteroatoms. The van der Waals surface area contributed by atoms with Crippen LogP contribution in [0.25, 0.3) is 0 Å². The van der Waals surface area contributed by atoms with E-state index in [0.717, 1.165) is 0 Å². The predicted molar refractivity (Wildman–Crippen MR) is 58.7 cm³/mol. The zero-order valence-electron chi connectivity index (χ0n) is 7.96. The van der Waals surface area contributed by atoms with Crippen LogP contribution in [0.5, 0.6) is 0 Å². The molecule has 1 heterocycles. The van der Waals surface area contributed by atoms with Gasteiger partial charge in [-0.3, -0.25) is 4.79 Å². The third kappa shape index (κ3) is 3.03. The number of furan rings is 1. The Morgan fingerprint density at radius 1 is 1.71 bits per heavy atom. The number of carbonyl (C=O) groups is 1. The monoisotopic (exact) mass is 279 g/mol. The number of hydrogen-bond acceptors (Lipinski definition) is 2. The topological polar surface area (TPSA) is 33.5 Å². The summed E-state index contributed by atoms with van der Waals surface area (Å²) in [6.07, 6.45) is 0. The van der Waals surface area contributed by atoms with Crippen molar-refractivity contribution in [2.75, 3.05) is 13.6 Å². The highest BCUT2D eigenvalue weighted by Crippen LogP contribution is 2.15. The van der Waals surface area contributed by atoms with Crippen LogP contribution >= 0.6 is 27.5 Å². The summed E-state index contributed by atoms with van der Waals surface area (Å²) in [4.78, 5) is 13.2. The van der Waals surface area contributed by atoms with Crippen LogP contribution in [0.15, 0.2) is 21.2 Å². The second-order valence-electron chi connectivity index (χ2n) is 3.07. The number of hydrogen-bond donors (Lipinski definition) is 0. The largest absolute Gasteiger partial charge is 0.444 e. The zero-order chi connectivity index (χ0) is 10.7. The molecule has 14 heavy (non-hydrogen) atoms. The first kappa shape index (κ1) is 11.6. The first-order chi connectivity index (χ1) is 6.50. The number of rotatable bonds is 3. The van der Waals surface area contributed by atoms with E-state index < -0.39 is 0 Å². The Balaban J connectivity index is 2.65. The summed E-state index contributed by atoms with van der Waals surface area (Å²) < 4.78 is 5.68. The second-order valence-corrected chi connectivity index (χ2v) is 4.60. The maximum atomic E-state index is 11.6. The summed E-state index contributed by atoms with van der Waals surface area (Å²) in [5.41, 5.74) is 0. The summed E-state index contributed by atoms with van der Waals surface area (Å²) in [7, 11) is 1.69. The molecule has 0 fully saturated rings. The Morgan fingerprint density at radius 2 is 2.36 bits per heavy atom. The third-order valence-corrected chi connectivity index (χ3v) is 2.22. The minimum Gasteiger partial charge on any atom is -0.444 e. The van der Waals surface area contributed by atoms with Crippen LogP contribution in [-0.4, -0.2) is 29.8 Å². The van der Waals surface area contributed by atoms with Gasteiger partial charge in [-0.25, -0.2) is 0 Å². The fourth-order valence-corrected chi connectivity index (χ4v) is 1.59. The minimum absolute atomic E-state index is 0.0673. The van der Waals surface area contributed by atoms with Gasteiger partial charge in [0, 0.05) is 19.0 Å². The van der Waals surface area contributed by atoms with Gasteiger partial charge < -0.3 is 9.32 Å². The van der Waals surface area contributed by atoms with Crippen molar-refractivity contribution in [2.45, 2.75) is 12.3 Å². The van der Waals surface area contributed by atoms with Crippen LogP contribution < -0.4 is 0 Å². The Morgan fingerprint density at radius 3 is 2.79 bits per heavy atom. The lowest BCUT2D eigenvalue weighted by atomic mass is 10.3. The van der Waals surface area contributed by atoms with E-state index >= 15 is 0 Å². The van der Waals surface area contributed by atoms with Crippen molar-refractivity contribution in [3.05, 3.63) is 22.6 Å². The molecule has 1 aromatic heterocycles. The van der Waals surface area contributed by atoms with Crippen LogP contribution in [-0.2, 0) is 0 Å². The van der Waals surface area contributed by atoms with Crippen LogP contribution in [0.1, 0.15) is 17.5 Å². The number of halogens is 2. The van der Waals surface area contributed by atoms with E-state index in [9.17, 15) is 4.79 Å². The number of nitrogens with zero attached hydrogens (tertiary/aromatic N) is 1. The average Bonchev–Trinajstić information content (AvgIpc) is 2.49. The maximum absolute atomic E-state index is 11.6. The molecular formula is C9H11BrClNO2. The molecule has 0 spiro atoms. The van der Waals surface area contributed by atoms with Crippen LogP contribution in [0.4, 0.5) is 0 Å². The first-order valence-corrected chi connectivity index (χ1v) is 5.38. The standard InChI is InChI=1S/C9H11BrClNO2/c1-6(11)5-12(2)9(13)7-3-4-8(10)14-7/h3-4,6H,5H2,1-2H3. The third-order valence-electron chi connectivity index (χ3n) is 1.66. The van der Waals surface area contributed by atoms with Crippen molar-refractivity contribution in [3.8, 4) is 0 Å². The molecule has 0 saturated carbocycles. The lowest BCUT2D eigenvalue weighted by Gasteiger charge is -2.16. The fraction of sp³-hybridized carbons (Fsp3) is 0.444. The fourth-order valence-electron chi connectivity index (χ4n) is 1.08. The van der Waals surface area contributed by atoms with Crippen LogP contribution in [0.2, 0.25) is 0 Å². The summed E-state index contributed by atoms with van der Waals surface area (Å²) in [5.74, 6) is 0.153. The van der Waals surface area contributed by atoms with Gasteiger partial charge in [0.1, 0.15) is 0 Å². The summed E-state index contributed by atoms with van der Waals surface area (Å²) in [5, 5.41) is -0.0673. The lowest BCUT2D eigenvalue weighted by Crippen LogP contribution is -2.31. The van der Waals surface area contributed by atoms with Crippen molar-refractivity contribution >= 4 is 33.4 Å². The SMILES string of the molecule is CC(Cl)CN(C)C(=O)c1ccc(Br)o1. The van der Waals surface area contributed by atoms with Crippen LogP contribution in [0, 0.1) is 0 Å². The Hall–Kier alpha value is -0.480. The Bertz CT molecular complexity index is 324. The number of carbonyl (C=O) groups excluding carboxylic acids is 1. The van der Waals surface area contributed by atoms with E-state index in [2.05, 4.69) is 15.9 Å². The van der Waals surface area contributed by atoms with Gasteiger partial charge in [0.05, 0.1) is 0 Å². The van der Waals surface area contributed by atoms with E-state index in [4.69, 9.17) is 16.0 Å². The molecule has 0 aromatic carbocycles. The maximum Gasteiger partial charge on any atom is 0.289 e. The molecule has 78 valence electrons. The summed E-state index contributed by atoms with van der Waals surface area (Å²) >= 11 is 8.91. The summed E-state index contributed by atoms with van der Waals surface area (Å²) in [6.45, 7) is 2.34. The van der Waals surface area contributed by atoms with Crippen molar-refractivity contribution in [2.24, 2.45) is 0 Å². The molecule has 0 aliphatic heterocycles. The van der Waals surface area contributed by atoms with E-state index in [1.165, 1.54) is 4.90 Å². The van der Waals surface area contributed by atoms with Crippen molar-refractivity contribution in [1.29, 1.82) is 0 Å². The van der Waals surface area contributed by atoms with E-state index in [0.29, 0.717) is 17.0 Å². The number of alkyl halides is 1.